The van der Waals surface area contributed by atoms with Gasteiger partial charge in [-0.05, 0) is 17.5 Å². The molecule has 0 aliphatic carbocycles. The van der Waals surface area contributed by atoms with E-state index in [4.69, 9.17) is 0 Å². The number of aromatic nitrogens is 1. The molecule has 0 atom stereocenters. The second-order valence-corrected chi connectivity index (χ2v) is 6.47. The standard InChI is InChI=1S/C18H26N2/c1-20(2,3)15-7-12-19-13-10-18(11-14-19)16-17-8-5-4-6-9-17/h4-6,8-11,13-14H,7,12,15-16H2,1-3H3/q+2. The third-order valence-electron chi connectivity index (χ3n) is 3.46. The fraction of sp³-hybridized carbons (Fsp3) is 0.389. The van der Waals surface area contributed by atoms with Crippen molar-refractivity contribution < 1.29 is 9.05 Å². The highest BCUT2D eigenvalue weighted by atomic mass is 15.3. The van der Waals surface area contributed by atoms with Gasteiger partial charge in [0.05, 0.1) is 34.1 Å². The molecule has 0 fully saturated rings. The number of hydrogen-bond donors (Lipinski definition) is 0. The molecule has 0 saturated carbocycles. The van der Waals surface area contributed by atoms with Crippen LogP contribution in [-0.2, 0) is 13.0 Å². The molecule has 0 aliphatic rings. The Morgan fingerprint density at radius 1 is 0.850 bits per heavy atom. The average Bonchev–Trinajstić information content (AvgIpc) is 2.41. The zero-order valence-electron chi connectivity index (χ0n) is 12.9. The summed E-state index contributed by atoms with van der Waals surface area (Å²) >= 11 is 0. The van der Waals surface area contributed by atoms with Crippen LogP contribution in [0.1, 0.15) is 17.5 Å². The molecule has 20 heavy (non-hydrogen) atoms. The number of benzene rings is 1. The third kappa shape index (κ3) is 5.14. The molecule has 2 heteroatoms. The quantitative estimate of drug-likeness (QED) is 0.561. The molecule has 1 aromatic carbocycles. The van der Waals surface area contributed by atoms with Gasteiger partial charge in [-0.2, -0.15) is 0 Å². The monoisotopic (exact) mass is 270 g/mol. The van der Waals surface area contributed by atoms with E-state index >= 15 is 0 Å². The second kappa shape index (κ2) is 6.67. The average molecular weight is 270 g/mol. The zero-order chi connectivity index (χ0) is 14.4. The maximum atomic E-state index is 2.28. The highest BCUT2D eigenvalue weighted by Crippen LogP contribution is 2.07. The summed E-state index contributed by atoms with van der Waals surface area (Å²) < 4.78 is 3.32. The predicted molar refractivity (Wildman–Crippen MR) is 83.4 cm³/mol. The summed E-state index contributed by atoms with van der Waals surface area (Å²) in [5.74, 6) is 0. The molecule has 2 aromatic rings. The molecule has 0 unspecified atom stereocenters. The van der Waals surface area contributed by atoms with Gasteiger partial charge < -0.3 is 4.48 Å². The van der Waals surface area contributed by atoms with Gasteiger partial charge in [-0.15, -0.1) is 0 Å². The lowest BCUT2D eigenvalue weighted by atomic mass is 10.1. The Bertz CT molecular complexity index is 509. The highest BCUT2D eigenvalue weighted by Gasteiger charge is 2.08. The van der Waals surface area contributed by atoms with Crippen molar-refractivity contribution in [1.29, 1.82) is 0 Å². The summed E-state index contributed by atoms with van der Waals surface area (Å²) in [7, 11) is 6.73. The van der Waals surface area contributed by atoms with E-state index < -0.39 is 0 Å². The van der Waals surface area contributed by atoms with Gasteiger partial charge in [0.2, 0.25) is 0 Å². The first-order valence-corrected chi connectivity index (χ1v) is 7.35. The Morgan fingerprint density at radius 3 is 2.05 bits per heavy atom. The van der Waals surface area contributed by atoms with Crippen LogP contribution in [0.15, 0.2) is 54.9 Å². The van der Waals surface area contributed by atoms with E-state index in [2.05, 4.69) is 80.6 Å². The van der Waals surface area contributed by atoms with Gasteiger partial charge in [-0.25, -0.2) is 4.57 Å². The molecule has 106 valence electrons. The lowest BCUT2D eigenvalue weighted by Crippen LogP contribution is -2.39. The minimum Gasteiger partial charge on any atom is -0.331 e. The molecule has 2 nitrogen and oxygen atoms in total. The van der Waals surface area contributed by atoms with Gasteiger partial charge >= 0.3 is 0 Å². The van der Waals surface area contributed by atoms with Gasteiger partial charge in [0.15, 0.2) is 18.9 Å². The first-order chi connectivity index (χ1) is 9.53. The molecule has 0 amide bonds. The molecule has 1 aromatic heterocycles. The van der Waals surface area contributed by atoms with Crippen molar-refractivity contribution in [3.05, 3.63) is 66.0 Å². The van der Waals surface area contributed by atoms with Gasteiger partial charge in [-0.1, -0.05) is 30.3 Å². The lowest BCUT2D eigenvalue weighted by molar-refractivity contribution is -0.873. The summed E-state index contributed by atoms with van der Waals surface area (Å²) in [6.45, 7) is 2.31. The largest absolute Gasteiger partial charge is 0.331 e. The second-order valence-electron chi connectivity index (χ2n) is 6.47. The summed E-state index contributed by atoms with van der Waals surface area (Å²) in [4.78, 5) is 0. The minimum absolute atomic E-state index is 1.01. The van der Waals surface area contributed by atoms with Crippen molar-refractivity contribution in [3.8, 4) is 0 Å². The van der Waals surface area contributed by atoms with Crippen molar-refractivity contribution in [2.45, 2.75) is 19.4 Å². The maximum absolute atomic E-state index is 2.28. The maximum Gasteiger partial charge on any atom is 0.169 e. The third-order valence-corrected chi connectivity index (χ3v) is 3.46. The first kappa shape index (κ1) is 14.7. The number of quaternary nitrogens is 1. The molecule has 0 radical (unpaired) electrons. The molecular formula is C18H26N2+2. The Kier molecular flexibility index (Phi) is 4.91. The summed E-state index contributed by atoms with van der Waals surface area (Å²) in [6.07, 6.45) is 6.63. The molecule has 0 N–H and O–H groups in total. The van der Waals surface area contributed by atoms with Crippen LogP contribution in [0.2, 0.25) is 0 Å². The molecule has 2 rings (SSSR count). The van der Waals surface area contributed by atoms with Crippen LogP contribution in [0, 0.1) is 0 Å². The summed E-state index contributed by atoms with van der Waals surface area (Å²) in [5, 5.41) is 0. The highest BCUT2D eigenvalue weighted by molar-refractivity contribution is 5.23. The van der Waals surface area contributed by atoms with Crippen molar-refractivity contribution in [1.82, 2.24) is 0 Å². The minimum atomic E-state index is 1.01. The Hall–Kier alpha value is -1.67. The van der Waals surface area contributed by atoms with Crippen LogP contribution < -0.4 is 4.57 Å². The lowest BCUT2D eigenvalue weighted by Gasteiger charge is -2.22. The van der Waals surface area contributed by atoms with E-state index in [0.29, 0.717) is 0 Å². The van der Waals surface area contributed by atoms with E-state index in [0.717, 1.165) is 17.4 Å². The van der Waals surface area contributed by atoms with E-state index in [1.807, 2.05) is 0 Å². The van der Waals surface area contributed by atoms with Crippen molar-refractivity contribution in [2.75, 3.05) is 27.7 Å². The molecule has 0 aliphatic heterocycles. The fourth-order valence-electron chi connectivity index (χ4n) is 2.31. The number of hydrogen-bond acceptors (Lipinski definition) is 0. The van der Waals surface area contributed by atoms with Gasteiger partial charge in [0, 0.05) is 12.1 Å². The number of nitrogens with zero attached hydrogens (tertiary/aromatic N) is 2. The molecular weight excluding hydrogens is 244 g/mol. The van der Waals surface area contributed by atoms with Crippen molar-refractivity contribution in [2.24, 2.45) is 0 Å². The van der Waals surface area contributed by atoms with E-state index in [-0.39, 0.29) is 0 Å². The van der Waals surface area contributed by atoms with Crippen LogP contribution in [0.4, 0.5) is 0 Å². The SMILES string of the molecule is C[N+](C)(C)CCC[n+]1ccc(Cc2ccccc2)cc1. The van der Waals surface area contributed by atoms with Gasteiger partial charge in [-0.3, -0.25) is 0 Å². The number of pyridine rings is 1. The molecule has 0 bridgehead atoms. The van der Waals surface area contributed by atoms with Crippen LogP contribution in [0.25, 0.3) is 0 Å². The van der Waals surface area contributed by atoms with Crippen LogP contribution in [0.5, 0.6) is 0 Å². The first-order valence-electron chi connectivity index (χ1n) is 7.35. The van der Waals surface area contributed by atoms with Crippen LogP contribution in [0.3, 0.4) is 0 Å². The van der Waals surface area contributed by atoms with Crippen molar-refractivity contribution >= 4 is 0 Å². The topological polar surface area (TPSA) is 3.88 Å². The Labute approximate surface area is 122 Å². The Balaban J connectivity index is 1.87. The molecule has 1 heterocycles. The van der Waals surface area contributed by atoms with Gasteiger partial charge in [0.1, 0.15) is 0 Å². The smallest absolute Gasteiger partial charge is 0.169 e. The fourth-order valence-corrected chi connectivity index (χ4v) is 2.31. The normalized spacial score (nSPS) is 11.6. The van der Waals surface area contributed by atoms with E-state index in [1.165, 1.54) is 24.1 Å². The number of rotatable bonds is 6. The Morgan fingerprint density at radius 2 is 1.45 bits per heavy atom. The van der Waals surface area contributed by atoms with E-state index in [1.54, 1.807) is 0 Å². The molecule has 0 saturated heterocycles. The van der Waals surface area contributed by atoms with E-state index in [9.17, 15) is 0 Å². The zero-order valence-corrected chi connectivity index (χ0v) is 12.9. The summed E-state index contributed by atoms with van der Waals surface area (Å²) in [6, 6.07) is 15.1. The predicted octanol–water partition coefficient (Wildman–Crippen LogP) is 2.66. The van der Waals surface area contributed by atoms with Crippen LogP contribution in [-0.4, -0.2) is 32.2 Å². The van der Waals surface area contributed by atoms with Gasteiger partial charge in [0.25, 0.3) is 0 Å². The summed E-state index contributed by atoms with van der Waals surface area (Å²) in [5.41, 5.74) is 2.74. The van der Waals surface area contributed by atoms with Crippen molar-refractivity contribution in [3.63, 3.8) is 0 Å². The molecule has 0 spiro atoms. The van der Waals surface area contributed by atoms with Crippen LogP contribution >= 0.6 is 0 Å². The number of aryl methyl sites for hydroxylation is 1.